The molecular formula is C55H95NO8. The fourth-order valence-corrected chi connectivity index (χ4v) is 7.59. The van der Waals surface area contributed by atoms with Gasteiger partial charge in [-0.15, -0.1) is 0 Å². The molecular weight excluding hydrogens is 803 g/mol. The molecule has 0 aromatic heterocycles. The number of nitrogens with one attached hydrogen (secondary N) is 1. The Bertz CT molecular complexity index is 1270. The van der Waals surface area contributed by atoms with Crippen LogP contribution in [0.4, 0.5) is 0 Å². The van der Waals surface area contributed by atoms with Crippen LogP contribution in [0.15, 0.2) is 85.1 Å². The predicted octanol–water partition coefficient (Wildman–Crippen LogP) is 11.9. The molecule has 0 spiro atoms. The van der Waals surface area contributed by atoms with Gasteiger partial charge in [-0.2, -0.15) is 0 Å². The third-order valence-electron chi connectivity index (χ3n) is 11.7. The lowest BCUT2D eigenvalue weighted by Crippen LogP contribution is -2.60. The van der Waals surface area contributed by atoms with Crippen molar-refractivity contribution >= 4 is 5.91 Å². The zero-order chi connectivity index (χ0) is 46.6. The third-order valence-corrected chi connectivity index (χ3v) is 11.7. The predicted molar refractivity (Wildman–Crippen MR) is 267 cm³/mol. The smallest absolute Gasteiger partial charge is 0.220 e. The normalized spacial score (nSPS) is 20.8. The van der Waals surface area contributed by atoms with Crippen molar-refractivity contribution in [2.45, 2.75) is 243 Å². The van der Waals surface area contributed by atoms with Gasteiger partial charge in [0, 0.05) is 6.42 Å². The number of allylic oxidation sites excluding steroid dienone is 13. The lowest BCUT2D eigenvalue weighted by Gasteiger charge is -2.40. The summed E-state index contributed by atoms with van der Waals surface area (Å²) in [5, 5.41) is 54.3. The zero-order valence-corrected chi connectivity index (χ0v) is 40.5. The Morgan fingerprint density at radius 1 is 0.547 bits per heavy atom. The minimum absolute atomic E-state index is 0.217. The Kier molecular flexibility index (Phi) is 41.0. The highest BCUT2D eigenvalue weighted by Gasteiger charge is 2.44. The van der Waals surface area contributed by atoms with Crippen LogP contribution in [-0.2, 0) is 14.3 Å². The summed E-state index contributed by atoms with van der Waals surface area (Å²) in [5.41, 5.74) is 0. The van der Waals surface area contributed by atoms with E-state index in [0.717, 1.165) is 83.5 Å². The van der Waals surface area contributed by atoms with E-state index in [1.807, 2.05) is 6.08 Å². The van der Waals surface area contributed by atoms with E-state index >= 15 is 0 Å². The summed E-state index contributed by atoms with van der Waals surface area (Å²) in [7, 11) is 0. The molecule has 1 rings (SSSR count). The second-order valence-corrected chi connectivity index (χ2v) is 17.6. The first-order valence-corrected chi connectivity index (χ1v) is 25.8. The van der Waals surface area contributed by atoms with Crippen LogP contribution in [0, 0.1) is 0 Å². The molecule has 0 radical (unpaired) electrons. The molecule has 0 saturated carbocycles. The average molecular weight is 898 g/mol. The van der Waals surface area contributed by atoms with Gasteiger partial charge in [-0.25, -0.2) is 0 Å². The number of aliphatic hydroxyl groups excluding tert-OH is 5. The number of carbonyl (C=O) groups excluding carboxylic acids is 1. The number of hydrogen-bond donors (Lipinski definition) is 6. The average Bonchev–Trinajstić information content (AvgIpc) is 3.29. The van der Waals surface area contributed by atoms with Crippen molar-refractivity contribution in [2.24, 2.45) is 0 Å². The van der Waals surface area contributed by atoms with Gasteiger partial charge in [0.05, 0.1) is 25.4 Å². The third kappa shape index (κ3) is 33.8. The summed E-state index contributed by atoms with van der Waals surface area (Å²) in [6.07, 6.45) is 55.0. The highest BCUT2D eigenvalue weighted by molar-refractivity contribution is 5.76. The lowest BCUT2D eigenvalue weighted by molar-refractivity contribution is -0.302. The van der Waals surface area contributed by atoms with Crippen molar-refractivity contribution in [1.82, 2.24) is 5.32 Å². The van der Waals surface area contributed by atoms with E-state index in [9.17, 15) is 30.3 Å². The van der Waals surface area contributed by atoms with Crippen LogP contribution in [0.3, 0.4) is 0 Å². The Morgan fingerprint density at radius 2 is 0.984 bits per heavy atom. The highest BCUT2D eigenvalue weighted by Crippen LogP contribution is 2.22. The lowest BCUT2D eigenvalue weighted by atomic mass is 9.99. The van der Waals surface area contributed by atoms with Crippen molar-refractivity contribution in [3.63, 3.8) is 0 Å². The summed E-state index contributed by atoms with van der Waals surface area (Å²) in [6.45, 7) is 3.62. The second kappa shape index (κ2) is 44.2. The first-order valence-electron chi connectivity index (χ1n) is 25.8. The van der Waals surface area contributed by atoms with E-state index in [0.29, 0.717) is 12.8 Å². The largest absolute Gasteiger partial charge is 0.394 e. The molecule has 1 saturated heterocycles. The standard InChI is InChI=1S/C55H95NO8/c1-3-5-7-9-11-13-15-17-19-21-22-23-24-25-26-27-29-30-32-34-36-38-40-42-44-49(58)48(47-63-55-54(62)53(61)52(60)50(46-57)64-55)56-51(59)45-43-41-39-37-35-33-31-28-20-18-16-14-12-10-8-6-4-2/h6,8,12,14,18,20,27,29,31,33-34,36,42,44,48-50,52-55,57-58,60-62H,3-5,7,9-11,13,15-17,19,21-26,28,30,32,35,37-41,43,45-47H2,1-2H3,(H,56,59)/b8-6-,14-12-,20-18-,29-27+,33-31-,36-34+,44-42+. The minimum atomic E-state index is -1.58. The maximum absolute atomic E-state index is 13.0. The van der Waals surface area contributed by atoms with Gasteiger partial charge in [-0.1, -0.05) is 195 Å². The monoisotopic (exact) mass is 898 g/mol. The summed E-state index contributed by atoms with van der Waals surface area (Å²) in [5.74, 6) is -0.217. The Morgan fingerprint density at radius 3 is 1.50 bits per heavy atom. The first-order chi connectivity index (χ1) is 31.3. The SMILES string of the molecule is CC/C=C\C/C=C\C/C=C\C/C=C\CCCCCCC(=O)NC(COC1OC(CO)C(O)C(O)C1O)C(O)/C=C/CC/C=C/CC/C=C/CCCCCCCCCCCCCCCC. The maximum Gasteiger partial charge on any atom is 0.220 e. The van der Waals surface area contributed by atoms with Gasteiger partial charge >= 0.3 is 0 Å². The van der Waals surface area contributed by atoms with Gasteiger partial charge < -0.3 is 40.3 Å². The summed E-state index contributed by atoms with van der Waals surface area (Å²) in [4.78, 5) is 13.0. The van der Waals surface area contributed by atoms with Crippen LogP contribution in [0.5, 0.6) is 0 Å². The van der Waals surface area contributed by atoms with Gasteiger partial charge in [0.15, 0.2) is 6.29 Å². The van der Waals surface area contributed by atoms with E-state index in [1.165, 1.54) is 89.9 Å². The second-order valence-electron chi connectivity index (χ2n) is 17.6. The number of carbonyl (C=O) groups is 1. The topological polar surface area (TPSA) is 149 Å². The quantitative estimate of drug-likeness (QED) is 0.0262. The van der Waals surface area contributed by atoms with E-state index in [4.69, 9.17) is 9.47 Å². The first kappa shape index (κ1) is 59.4. The van der Waals surface area contributed by atoms with Crippen LogP contribution >= 0.6 is 0 Å². The molecule has 0 bridgehead atoms. The molecule has 9 nitrogen and oxygen atoms in total. The van der Waals surface area contributed by atoms with Gasteiger partial charge in [-0.05, 0) is 83.5 Å². The molecule has 1 aliphatic heterocycles. The number of rotatable bonds is 42. The number of aliphatic hydroxyl groups is 5. The molecule has 64 heavy (non-hydrogen) atoms. The van der Waals surface area contributed by atoms with Crippen molar-refractivity contribution in [2.75, 3.05) is 13.2 Å². The molecule has 368 valence electrons. The van der Waals surface area contributed by atoms with Gasteiger partial charge in [0.25, 0.3) is 0 Å². The van der Waals surface area contributed by atoms with Gasteiger partial charge in [-0.3, -0.25) is 4.79 Å². The van der Waals surface area contributed by atoms with Crippen LogP contribution < -0.4 is 5.32 Å². The molecule has 1 aliphatic rings. The summed E-state index contributed by atoms with van der Waals surface area (Å²) >= 11 is 0. The zero-order valence-electron chi connectivity index (χ0n) is 40.5. The van der Waals surface area contributed by atoms with Crippen LogP contribution in [0.1, 0.15) is 200 Å². The van der Waals surface area contributed by atoms with Crippen molar-refractivity contribution in [1.29, 1.82) is 0 Å². The van der Waals surface area contributed by atoms with Crippen molar-refractivity contribution < 1.29 is 39.8 Å². The fraction of sp³-hybridized carbons (Fsp3) is 0.727. The molecule has 7 atom stereocenters. The number of unbranched alkanes of at least 4 members (excludes halogenated alkanes) is 20. The van der Waals surface area contributed by atoms with Gasteiger partial charge in [0.2, 0.25) is 5.91 Å². The Balaban J connectivity index is 2.35. The van der Waals surface area contributed by atoms with Crippen LogP contribution in [-0.4, -0.2) is 87.5 Å². The Hall–Kier alpha value is -2.63. The summed E-state index contributed by atoms with van der Waals surface area (Å²) in [6, 6.07) is -0.846. The van der Waals surface area contributed by atoms with Crippen molar-refractivity contribution in [3.05, 3.63) is 85.1 Å². The number of ether oxygens (including phenoxy) is 2. The van der Waals surface area contributed by atoms with E-state index in [-0.39, 0.29) is 12.5 Å². The molecule has 0 aromatic carbocycles. The maximum atomic E-state index is 13.0. The number of hydrogen-bond acceptors (Lipinski definition) is 8. The molecule has 9 heteroatoms. The fourth-order valence-electron chi connectivity index (χ4n) is 7.59. The van der Waals surface area contributed by atoms with E-state index in [2.05, 4.69) is 92.1 Å². The Labute approximate surface area is 391 Å². The number of amides is 1. The van der Waals surface area contributed by atoms with Gasteiger partial charge in [0.1, 0.15) is 24.4 Å². The molecule has 1 amide bonds. The molecule has 1 fully saturated rings. The van der Waals surface area contributed by atoms with E-state index in [1.54, 1.807) is 6.08 Å². The minimum Gasteiger partial charge on any atom is -0.394 e. The van der Waals surface area contributed by atoms with Crippen LogP contribution in [0.25, 0.3) is 0 Å². The molecule has 0 aromatic rings. The van der Waals surface area contributed by atoms with Crippen molar-refractivity contribution in [3.8, 4) is 0 Å². The molecule has 1 heterocycles. The highest BCUT2D eigenvalue weighted by atomic mass is 16.7. The van der Waals surface area contributed by atoms with Crippen LogP contribution in [0.2, 0.25) is 0 Å². The molecule has 7 unspecified atom stereocenters. The van der Waals surface area contributed by atoms with E-state index < -0.39 is 49.5 Å². The molecule has 0 aliphatic carbocycles. The summed E-state index contributed by atoms with van der Waals surface area (Å²) < 4.78 is 11.2. The molecule has 6 N–H and O–H groups in total.